The van der Waals surface area contributed by atoms with Gasteiger partial charge in [-0.15, -0.1) is 0 Å². The topological polar surface area (TPSA) is 77.1 Å². The minimum Gasteiger partial charge on any atom is -0.495 e. The maximum Gasteiger partial charge on any atom is 0.412 e. The number of hydrogen-bond donors (Lipinski definition) is 1. The highest BCUT2D eigenvalue weighted by Gasteiger charge is 2.53. The van der Waals surface area contributed by atoms with Crippen molar-refractivity contribution in [2.45, 2.75) is 89.4 Å². The van der Waals surface area contributed by atoms with Crippen LogP contribution in [0, 0.1) is 5.92 Å². The van der Waals surface area contributed by atoms with E-state index in [9.17, 15) is 9.59 Å². The summed E-state index contributed by atoms with van der Waals surface area (Å²) in [7, 11) is 1.64. The lowest BCUT2D eigenvalue weighted by molar-refractivity contribution is 0.0442. The van der Waals surface area contributed by atoms with Crippen LogP contribution in [-0.4, -0.2) is 42.4 Å². The number of hydrogen-bond acceptors (Lipinski definition) is 5. The fraction of sp³-hybridized carbons (Fsp3) is 0.548. The molecule has 204 valence electrons. The Balaban J connectivity index is 1.46. The summed E-state index contributed by atoms with van der Waals surface area (Å²) in [6, 6.07) is 14.1. The van der Waals surface area contributed by atoms with Crippen LogP contribution in [0.5, 0.6) is 5.75 Å². The Kier molecular flexibility index (Phi) is 7.30. The van der Waals surface area contributed by atoms with Crippen LogP contribution in [0.2, 0.25) is 0 Å². The Morgan fingerprint density at radius 3 is 2.58 bits per heavy atom. The van der Waals surface area contributed by atoms with Crippen LogP contribution in [0.3, 0.4) is 0 Å². The zero-order valence-electron chi connectivity index (χ0n) is 23.0. The van der Waals surface area contributed by atoms with Crippen molar-refractivity contribution < 1.29 is 23.8 Å². The van der Waals surface area contributed by atoms with Crippen molar-refractivity contribution in [2.24, 2.45) is 5.92 Å². The molecule has 2 aliphatic carbocycles. The van der Waals surface area contributed by atoms with Gasteiger partial charge in [0.2, 0.25) is 0 Å². The van der Waals surface area contributed by atoms with Crippen molar-refractivity contribution in [3.8, 4) is 5.75 Å². The largest absolute Gasteiger partial charge is 0.495 e. The van der Waals surface area contributed by atoms with Crippen molar-refractivity contribution in [3.63, 3.8) is 0 Å². The number of carbonyl (C=O) groups is 2. The zero-order valence-corrected chi connectivity index (χ0v) is 23.0. The Hall–Kier alpha value is -3.22. The average Bonchev–Trinajstić information content (AvgIpc) is 3.01. The van der Waals surface area contributed by atoms with E-state index in [-0.39, 0.29) is 24.2 Å². The Morgan fingerprint density at radius 2 is 1.84 bits per heavy atom. The molecule has 3 aliphatic rings. The fourth-order valence-corrected chi connectivity index (χ4v) is 7.00. The van der Waals surface area contributed by atoms with E-state index in [1.54, 1.807) is 7.11 Å². The Labute approximate surface area is 225 Å². The highest BCUT2D eigenvalue weighted by molar-refractivity contribution is 5.87. The second-order valence-electron chi connectivity index (χ2n) is 12.0. The summed E-state index contributed by atoms with van der Waals surface area (Å²) in [6.45, 7) is 6.50. The number of carbonyl (C=O) groups excluding carboxylic acids is 2. The van der Waals surface area contributed by atoms with E-state index >= 15 is 0 Å². The number of ether oxygens (including phenoxy) is 3. The first kappa shape index (κ1) is 26.4. The number of rotatable bonds is 4. The molecule has 1 unspecified atom stereocenters. The second kappa shape index (κ2) is 10.5. The molecule has 1 saturated carbocycles. The minimum atomic E-state index is -0.602. The van der Waals surface area contributed by atoms with Gasteiger partial charge in [0.25, 0.3) is 0 Å². The zero-order chi connectivity index (χ0) is 26.9. The Bertz CT molecular complexity index is 1170. The highest BCUT2D eigenvalue weighted by atomic mass is 16.6. The van der Waals surface area contributed by atoms with Gasteiger partial charge in [-0.3, -0.25) is 5.32 Å². The first-order chi connectivity index (χ1) is 18.2. The number of anilines is 1. The van der Waals surface area contributed by atoms with Crippen LogP contribution in [-0.2, 0) is 27.9 Å². The molecular formula is C31H40N2O5. The third-order valence-electron chi connectivity index (χ3n) is 8.45. The lowest BCUT2D eigenvalue weighted by atomic mass is 9.54. The summed E-state index contributed by atoms with van der Waals surface area (Å²) in [5.74, 6) is 1.03. The monoisotopic (exact) mass is 520 g/mol. The molecule has 5 rings (SSSR count). The number of benzene rings is 2. The number of fused-ring (bicyclic) bond motifs is 1. The maximum atomic E-state index is 13.5. The van der Waals surface area contributed by atoms with Crippen LogP contribution in [0.1, 0.15) is 76.0 Å². The number of methoxy groups -OCH3 is 1. The van der Waals surface area contributed by atoms with E-state index in [2.05, 4.69) is 11.4 Å². The first-order valence-corrected chi connectivity index (χ1v) is 13.9. The molecule has 1 heterocycles. The molecule has 2 amide bonds. The van der Waals surface area contributed by atoms with Crippen LogP contribution in [0.15, 0.2) is 42.5 Å². The number of nitrogens with zero attached hydrogens (tertiary/aromatic N) is 1. The van der Waals surface area contributed by atoms with Crippen molar-refractivity contribution in [3.05, 3.63) is 59.2 Å². The van der Waals surface area contributed by atoms with Gasteiger partial charge in [-0.25, -0.2) is 9.59 Å². The SMILES string of the molecule is COc1cc2c(cc1NC(=O)OC(C)(C)C)C[C@H]1C3CCCC[C@@]23CCCN1C(=O)OCc1ccccc1. The number of amides is 2. The van der Waals surface area contributed by atoms with E-state index < -0.39 is 11.7 Å². The summed E-state index contributed by atoms with van der Waals surface area (Å²) in [4.78, 5) is 28.1. The summed E-state index contributed by atoms with van der Waals surface area (Å²) < 4.78 is 17.1. The summed E-state index contributed by atoms with van der Waals surface area (Å²) in [6.07, 6.45) is 6.53. The Morgan fingerprint density at radius 1 is 1.08 bits per heavy atom. The molecule has 1 aliphatic heterocycles. The standard InChI is InChI=1S/C31H40N2O5/c1-30(2,3)38-28(34)32-25-17-22-18-26-23-13-8-9-14-31(23,24(22)19-27(25)36-4)15-10-16-33(26)29(35)37-20-21-11-6-5-7-12-21/h5-7,11-12,17,19,23,26H,8-10,13-16,18,20H2,1-4H3,(H,32,34)/t23?,26-,31-/m0/s1. The van der Waals surface area contributed by atoms with Crippen molar-refractivity contribution in [2.75, 3.05) is 19.0 Å². The van der Waals surface area contributed by atoms with Crippen LogP contribution in [0.4, 0.5) is 15.3 Å². The molecule has 0 radical (unpaired) electrons. The highest BCUT2D eigenvalue weighted by Crippen LogP contribution is 2.56. The van der Waals surface area contributed by atoms with Gasteiger partial charge in [0.15, 0.2) is 0 Å². The van der Waals surface area contributed by atoms with Gasteiger partial charge >= 0.3 is 12.2 Å². The molecule has 0 spiro atoms. The molecule has 2 aromatic carbocycles. The van der Waals surface area contributed by atoms with E-state index in [4.69, 9.17) is 14.2 Å². The molecular weight excluding hydrogens is 480 g/mol. The molecule has 1 N–H and O–H groups in total. The van der Waals surface area contributed by atoms with Gasteiger partial charge in [0.1, 0.15) is 18.0 Å². The first-order valence-electron chi connectivity index (χ1n) is 13.9. The summed E-state index contributed by atoms with van der Waals surface area (Å²) in [5.41, 5.74) is 3.48. The summed E-state index contributed by atoms with van der Waals surface area (Å²) in [5, 5.41) is 2.90. The van der Waals surface area contributed by atoms with Gasteiger partial charge in [0.05, 0.1) is 12.8 Å². The van der Waals surface area contributed by atoms with E-state index in [1.165, 1.54) is 24.0 Å². The van der Waals surface area contributed by atoms with Crippen LogP contribution >= 0.6 is 0 Å². The second-order valence-corrected chi connectivity index (χ2v) is 12.0. The third-order valence-corrected chi connectivity index (χ3v) is 8.45. The van der Waals surface area contributed by atoms with Gasteiger partial charge in [-0.05, 0) is 87.6 Å². The van der Waals surface area contributed by atoms with Crippen molar-refractivity contribution >= 4 is 17.9 Å². The normalized spacial score (nSPS) is 24.4. The van der Waals surface area contributed by atoms with Crippen molar-refractivity contribution in [1.82, 2.24) is 4.90 Å². The quantitative estimate of drug-likeness (QED) is 0.478. The average molecular weight is 521 g/mol. The number of nitrogens with one attached hydrogen (secondary N) is 1. The molecule has 2 bridgehead atoms. The maximum absolute atomic E-state index is 13.5. The van der Waals surface area contributed by atoms with E-state index in [1.807, 2.05) is 62.1 Å². The molecule has 2 aromatic rings. The smallest absolute Gasteiger partial charge is 0.412 e. The minimum absolute atomic E-state index is 0.00267. The summed E-state index contributed by atoms with van der Waals surface area (Å²) >= 11 is 0. The van der Waals surface area contributed by atoms with E-state index in [0.717, 1.165) is 37.7 Å². The van der Waals surface area contributed by atoms with Crippen LogP contribution < -0.4 is 10.1 Å². The third kappa shape index (κ3) is 5.20. The molecule has 38 heavy (non-hydrogen) atoms. The lowest BCUT2D eigenvalue weighted by Crippen LogP contribution is -2.54. The van der Waals surface area contributed by atoms with Gasteiger partial charge in [-0.2, -0.15) is 0 Å². The van der Waals surface area contributed by atoms with Crippen molar-refractivity contribution in [1.29, 1.82) is 0 Å². The number of likely N-dealkylation sites (tertiary alicyclic amines) is 1. The molecule has 0 aromatic heterocycles. The molecule has 7 nitrogen and oxygen atoms in total. The van der Waals surface area contributed by atoms with Crippen LogP contribution in [0.25, 0.3) is 0 Å². The van der Waals surface area contributed by atoms with Gasteiger partial charge in [-0.1, -0.05) is 43.2 Å². The fourth-order valence-electron chi connectivity index (χ4n) is 7.00. The predicted octanol–water partition coefficient (Wildman–Crippen LogP) is 6.83. The molecule has 7 heteroatoms. The molecule has 1 saturated heterocycles. The molecule has 3 atom stereocenters. The molecule has 2 fully saturated rings. The van der Waals surface area contributed by atoms with E-state index in [0.29, 0.717) is 23.9 Å². The predicted molar refractivity (Wildman–Crippen MR) is 147 cm³/mol. The van der Waals surface area contributed by atoms with Gasteiger partial charge < -0.3 is 19.1 Å². The lowest BCUT2D eigenvalue weighted by Gasteiger charge is -2.52. The van der Waals surface area contributed by atoms with Gasteiger partial charge in [0, 0.05) is 18.0 Å².